The SMILES string of the molecule is O=C(CSc1nnc(-c2ccccc2Cl)n1C1CCCC1)NCCc1c[nH]c2ccccc12. The number of fused-ring (bicyclic) bond motifs is 1. The third-order valence-electron chi connectivity index (χ3n) is 6.19. The van der Waals surface area contributed by atoms with Crippen molar-refractivity contribution >= 4 is 40.2 Å². The van der Waals surface area contributed by atoms with Crippen LogP contribution in [0.25, 0.3) is 22.3 Å². The topological polar surface area (TPSA) is 75.6 Å². The number of nitrogens with zero attached hydrogens (tertiary/aromatic N) is 3. The Labute approximate surface area is 202 Å². The van der Waals surface area contributed by atoms with E-state index < -0.39 is 0 Å². The lowest BCUT2D eigenvalue weighted by atomic mass is 10.1. The van der Waals surface area contributed by atoms with Crippen LogP contribution in [0.5, 0.6) is 0 Å². The molecule has 4 aromatic rings. The highest BCUT2D eigenvalue weighted by atomic mass is 35.5. The summed E-state index contributed by atoms with van der Waals surface area (Å²) in [5.41, 5.74) is 3.22. The Morgan fingerprint density at radius 1 is 1.12 bits per heavy atom. The summed E-state index contributed by atoms with van der Waals surface area (Å²) in [4.78, 5) is 15.8. The summed E-state index contributed by atoms with van der Waals surface area (Å²) in [6.07, 6.45) is 7.40. The molecular weight excluding hydrogens is 454 g/mol. The van der Waals surface area contributed by atoms with Gasteiger partial charge in [0.05, 0.1) is 10.8 Å². The van der Waals surface area contributed by atoms with Crippen LogP contribution in [0, 0.1) is 0 Å². The molecule has 0 aliphatic heterocycles. The van der Waals surface area contributed by atoms with Gasteiger partial charge in [0.2, 0.25) is 5.91 Å². The minimum atomic E-state index is 0.0000988. The maximum Gasteiger partial charge on any atom is 0.230 e. The van der Waals surface area contributed by atoms with E-state index in [0.717, 1.165) is 41.3 Å². The van der Waals surface area contributed by atoms with Crippen molar-refractivity contribution in [2.45, 2.75) is 43.3 Å². The summed E-state index contributed by atoms with van der Waals surface area (Å²) >= 11 is 7.90. The molecule has 8 heteroatoms. The van der Waals surface area contributed by atoms with E-state index in [-0.39, 0.29) is 5.91 Å². The van der Waals surface area contributed by atoms with Gasteiger partial charge in [-0.3, -0.25) is 9.36 Å². The molecule has 1 saturated carbocycles. The maximum atomic E-state index is 12.6. The Hall–Kier alpha value is -2.77. The quantitative estimate of drug-likeness (QED) is 0.320. The van der Waals surface area contributed by atoms with Crippen molar-refractivity contribution in [3.05, 3.63) is 65.3 Å². The number of rotatable bonds is 8. The van der Waals surface area contributed by atoms with Crippen molar-refractivity contribution in [1.82, 2.24) is 25.1 Å². The van der Waals surface area contributed by atoms with Gasteiger partial charge < -0.3 is 10.3 Å². The zero-order valence-corrected chi connectivity index (χ0v) is 19.8. The number of carbonyl (C=O) groups excluding carboxylic acids is 1. The Morgan fingerprint density at radius 2 is 1.91 bits per heavy atom. The fourth-order valence-corrected chi connectivity index (χ4v) is 5.61. The minimum absolute atomic E-state index is 0.0000988. The van der Waals surface area contributed by atoms with E-state index in [4.69, 9.17) is 11.6 Å². The van der Waals surface area contributed by atoms with Gasteiger partial charge in [-0.15, -0.1) is 10.2 Å². The fourth-order valence-electron chi connectivity index (χ4n) is 4.55. The lowest BCUT2D eigenvalue weighted by Crippen LogP contribution is -2.27. The van der Waals surface area contributed by atoms with Gasteiger partial charge in [-0.2, -0.15) is 0 Å². The van der Waals surface area contributed by atoms with Crippen LogP contribution >= 0.6 is 23.4 Å². The van der Waals surface area contributed by atoms with E-state index in [1.807, 2.05) is 42.6 Å². The van der Waals surface area contributed by atoms with Crippen molar-refractivity contribution < 1.29 is 4.79 Å². The second kappa shape index (κ2) is 10.0. The lowest BCUT2D eigenvalue weighted by molar-refractivity contribution is -0.118. The number of benzene rings is 2. The monoisotopic (exact) mass is 479 g/mol. The zero-order valence-electron chi connectivity index (χ0n) is 18.3. The summed E-state index contributed by atoms with van der Waals surface area (Å²) in [6, 6.07) is 16.3. The predicted molar refractivity (Wildman–Crippen MR) is 134 cm³/mol. The predicted octanol–water partition coefficient (Wildman–Crippen LogP) is 5.65. The Bertz CT molecular complexity index is 1260. The van der Waals surface area contributed by atoms with E-state index in [1.165, 1.54) is 35.6 Å². The van der Waals surface area contributed by atoms with Gasteiger partial charge >= 0.3 is 0 Å². The largest absolute Gasteiger partial charge is 0.361 e. The summed E-state index contributed by atoms with van der Waals surface area (Å²) in [6.45, 7) is 0.599. The van der Waals surface area contributed by atoms with Gasteiger partial charge in [-0.25, -0.2) is 0 Å². The molecule has 0 radical (unpaired) electrons. The van der Waals surface area contributed by atoms with E-state index in [0.29, 0.717) is 23.4 Å². The van der Waals surface area contributed by atoms with Gasteiger partial charge in [0.15, 0.2) is 11.0 Å². The van der Waals surface area contributed by atoms with Crippen LogP contribution in [0.4, 0.5) is 0 Å². The van der Waals surface area contributed by atoms with Gasteiger partial charge in [0.25, 0.3) is 0 Å². The van der Waals surface area contributed by atoms with Gasteiger partial charge in [-0.1, -0.05) is 66.5 Å². The first-order valence-corrected chi connectivity index (χ1v) is 12.7. The summed E-state index contributed by atoms with van der Waals surface area (Å²) < 4.78 is 2.19. The molecule has 0 bridgehead atoms. The molecule has 2 N–H and O–H groups in total. The third kappa shape index (κ3) is 4.80. The van der Waals surface area contributed by atoms with E-state index in [9.17, 15) is 4.79 Å². The number of amides is 1. The second-order valence-corrected chi connectivity index (χ2v) is 9.69. The van der Waals surface area contributed by atoms with Crippen LogP contribution in [-0.4, -0.2) is 38.0 Å². The molecule has 170 valence electrons. The summed E-state index contributed by atoms with van der Waals surface area (Å²) in [5, 5.41) is 14.6. The second-order valence-electron chi connectivity index (χ2n) is 8.34. The smallest absolute Gasteiger partial charge is 0.230 e. The number of hydrogen-bond donors (Lipinski definition) is 2. The van der Waals surface area contributed by atoms with Crippen molar-refractivity contribution in [3.63, 3.8) is 0 Å². The average Bonchev–Trinajstić information content (AvgIpc) is 3.58. The first-order chi connectivity index (χ1) is 16.2. The number of hydrogen-bond acceptors (Lipinski definition) is 4. The molecule has 0 spiro atoms. The highest BCUT2D eigenvalue weighted by molar-refractivity contribution is 7.99. The van der Waals surface area contributed by atoms with E-state index >= 15 is 0 Å². The molecule has 1 fully saturated rings. The van der Waals surface area contributed by atoms with E-state index in [2.05, 4.69) is 37.2 Å². The van der Waals surface area contributed by atoms with Gasteiger partial charge in [0, 0.05) is 35.2 Å². The van der Waals surface area contributed by atoms with E-state index in [1.54, 1.807) is 0 Å². The highest BCUT2D eigenvalue weighted by Crippen LogP contribution is 2.38. The molecule has 2 aromatic heterocycles. The zero-order chi connectivity index (χ0) is 22.6. The molecule has 1 aliphatic rings. The summed E-state index contributed by atoms with van der Waals surface area (Å²) in [7, 11) is 0. The van der Waals surface area contributed by atoms with Gasteiger partial charge in [-0.05, 0) is 43.0 Å². The average molecular weight is 480 g/mol. The first kappa shape index (κ1) is 22.0. The molecule has 33 heavy (non-hydrogen) atoms. The lowest BCUT2D eigenvalue weighted by Gasteiger charge is -2.17. The molecule has 2 aromatic carbocycles. The standard InChI is InChI=1S/C25H26ClN5OS/c26-21-11-5-3-10-20(21)24-29-30-25(31(24)18-7-1-2-8-18)33-16-23(32)27-14-13-17-15-28-22-12-6-4-9-19(17)22/h3-6,9-12,15,18,28H,1-2,7-8,13-14,16H2,(H,27,32). The van der Waals surface area contributed by atoms with Crippen LogP contribution in [-0.2, 0) is 11.2 Å². The van der Waals surface area contributed by atoms with Crippen molar-refractivity contribution in [2.24, 2.45) is 0 Å². The minimum Gasteiger partial charge on any atom is -0.361 e. The van der Waals surface area contributed by atoms with Crippen LogP contribution in [0.15, 0.2) is 59.9 Å². The molecule has 0 unspecified atom stereocenters. The maximum absolute atomic E-state index is 12.6. The molecule has 0 saturated heterocycles. The number of para-hydroxylation sites is 1. The normalized spacial score (nSPS) is 14.2. The number of nitrogens with one attached hydrogen (secondary N) is 2. The van der Waals surface area contributed by atoms with Crippen LogP contribution in [0.3, 0.4) is 0 Å². The molecule has 5 rings (SSSR count). The number of thioether (sulfide) groups is 1. The number of H-pyrrole nitrogens is 1. The van der Waals surface area contributed by atoms with Crippen molar-refractivity contribution in [2.75, 3.05) is 12.3 Å². The van der Waals surface area contributed by atoms with Crippen LogP contribution in [0.2, 0.25) is 5.02 Å². The molecule has 2 heterocycles. The number of carbonyl (C=O) groups is 1. The fraction of sp³-hybridized carbons (Fsp3) is 0.320. The van der Waals surface area contributed by atoms with Crippen LogP contribution < -0.4 is 5.32 Å². The van der Waals surface area contributed by atoms with Crippen LogP contribution in [0.1, 0.15) is 37.3 Å². The number of aromatic amines is 1. The number of aromatic nitrogens is 4. The molecule has 6 nitrogen and oxygen atoms in total. The first-order valence-electron chi connectivity index (χ1n) is 11.3. The highest BCUT2D eigenvalue weighted by Gasteiger charge is 2.26. The van der Waals surface area contributed by atoms with Crippen molar-refractivity contribution in [1.29, 1.82) is 0 Å². The molecule has 0 atom stereocenters. The Balaban J connectivity index is 1.23. The molecule has 1 aliphatic carbocycles. The third-order valence-corrected chi connectivity index (χ3v) is 7.47. The Morgan fingerprint density at radius 3 is 2.76 bits per heavy atom. The molecule has 1 amide bonds. The molecular formula is C25H26ClN5OS. The summed E-state index contributed by atoms with van der Waals surface area (Å²) in [5.74, 6) is 1.09. The van der Waals surface area contributed by atoms with Crippen molar-refractivity contribution in [3.8, 4) is 11.4 Å². The Kier molecular flexibility index (Phi) is 6.69. The number of halogens is 1. The van der Waals surface area contributed by atoms with Gasteiger partial charge in [0.1, 0.15) is 0 Å².